The Kier molecular flexibility index (Phi) is 6.70. The number of nitrogens with one attached hydrogen (secondary N) is 1. The number of methoxy groups -OCH3 is 1. The van der Waals surface area contributed by atoms with Crippen LogP contribution in [0.25, 0.3) is 0 Å². The number of rotatable bonds is 7. The summed E-state index contributed by atoms with van der Waals surface area (Å²) in [6.45, 7) is 13.0. The molecule has 0 amide bonds. The van der Waals surface area contributed by atoms with Crippen LogP contribution in [0, 0.1) is 5.92 Å². The number of hydrogen-bond donors (Lipinski definition) is 1. The lowest BCUT2D eigenvalue weighted by Gasteiger charge is -2.26. The predicted octanol–water partition coefficient (Wildman–Crippen LogP) is 4.31. The van der Waals surface area contributed by atoms with E-state index in [0.29, 0.717) is 12.0 Å². The van der Waals surface area contributed by atoms with E-state index in [1.54, 1.807) is 7.11 Å². The first-order chi connectivity index (χ1) is 9.40. The van der Waals surface area contributed by atoms with Crippen LogP contribution in [0.15, 0.2) is 24.3 Å². The van der Waals surface area contributed by atoms with Gasteiger partial charge in [0.15, 0.2) is 0 Å². The van der Waals surface area contributed by atoms with Gasteiger partial charge in [0, 0.05) is 19.8 Å². The van der Waals surface area contributed by atoms with Gasteiger partial charge >= 0.3 is 0 Å². The van der Waals surface area contributed by atoms with Crippen molar-refractivity contribution < 1.29 is 4.74 Å². The largest absolute Gasteiger partial charge is 0.385 e. The van der Waals surface area contributed by atoms with Crippen molar-refractivity contribution in [3.8, 4) is 0 Å². The maximum absolute atomic E-state index is 5.21. The molecule has 2 unspecified atom stereocenters. The Bertz CT molecular complexity index is 377. The van der Waals surface area contributed by atoms with Crippen LogP contribution in [-0.2, 0) is 10.2 Å². The second-order valence-corrected chi connectivity index (χ2v) is 6.67. The maximum Gasteiger partial charge on any atom is 0.0465 e. The quantitative estimate of drug-likeness (QED) is 0.802. The summed E-state index contributed by atoms with van der Waals surface area (Å²) in [6.07, 6.45) is 1.08. The minimum absolute atomic E-state index is 0.216. The summed E-state index contributed by atoms with van der Waals surface area (Å²) in [7, 11) is 1.77. The van der Waals surface area contributed by atoms with Crippen molar-refractivity contribution in [1.82, 2.24) is 5.32 Å². The fraction of sp³-hybridized carbons (Fsp3) is 0.667. The average Bonchev–Trinajstić information content (AvgIpc) is 2.41. The summed E-state index contributed by atoms with van der Waals surface area (Å²) in [5.74, 6) is 0.565. The smallest absolute Gasteiger partial charge is 0.0465 e. The van der Waals surface area contributed by atoms with E-state index in [9.17, 15) is 0 Å². The van der Waals surface area contributed by atoms with Crippen molar-refractivity contribution in [2.45, 2.75) is 52.5 Å². The highest BCUT2D eigenvalue weighted by Crippen LogP contribution is 2.28. The molecular weight excluding hydrogens is 246 g/mol. The molecular formula is C18H31NO. The van der Waals surface area contributed by atoms with Gasteiger partial charge in [-0.3, -0.25) is 0 Å². The SMILES string of the molecule is CCNC(c1ccc(C(C)(C)C)cc1)C(C)CCOC. The van der Waals surface area contributed by atoms with E-state index in [1.807, 2.05) is 0 Å². The standard InChI is InChI=1S/C18H31NO/c1-7-19-17(14(2)12-13-20-6)15-8-10-16(11-9-15)18(3,4)5/h8-11,14,17,19H,7,12-13H2,1-6H3. The van der Waals surface area contributed by atoms with Crippen LogP contribution in [0.2, 0.25) is 0 Å². The van der Waals surface area contributed by atoms with Crippen LogP contribution in [-0.4, -0.2) is 20.3 Å². The summed E-state index contributed by atoms with van der Waals surface area (Å²) >= 11 is 0. The minimum Gasteiger partial charge on any atom is -0.385 e. The monoisotopic (exact) mass is 277 g/mol. The number of hydrogen-bond acceptors (Lipinski definition) is 2. The molecule has 0 fully saturated rings. The molecule has 0 bridgehead atoms. The van der Waals surface area contributed by atoms with Gasteiger partial charge in [0.1, 0.15) is 0 Å². The third-order valence-electron chi connectivity index (χ3n) is 3.91. The Morgan fingerprint density at radius 2 is 1.75 bits per heavy atom. The van der Waals surface area contributed by atoms with Crippen molar-refractivity contribution in [1.29, 1.82) is 0 Å². The first kappa shape index (κ1) is 17.2. The highest BCUT2D eigenvalue weighted by atomic mass is 16.5. The summed E-state index contributed by atoms with van der Waals surface area (Å²) in [5, 5.41) is 3.61. The molecule has 114 valence electrons. The van der Waals surface area contributed by atoms with Gasteiger partial charge in [0.05, 0.1) is 0 Å². The van der Waals surface area contributed by atoms with E-state index < -0.39 is 0 Å². The van der Waals surface area contributed by atoms with Crippen LogP contribution in [0.4, 0.5) is 0 Å². The molecule has 0 saturated carbocycles. The fourth-order valence-electron chi connectivity index (χ4n) is 2.53. The molecule has 2 nitrogen and oxygen atoms in total. The number of benzene rings is 1. The topological polar surface area (TPSA) is 21.3 Å². The van der Waals surface area contributed by atoms with Crippen molar-refractivity contribution in [3.63, 3.8) is 0 Å². The molecule has 1 aromatic carbocycles. The molecule has 20 heavy (non-hydrogen) atoms. The van der Waals surface area contributed by atoms with Gasteiger partial charge in [-0.2, -0.15) is 0 Å². The second kappa shape index (κ2) is 7.80. The Balaban J connectivity index is 2.86. The summed E-state index contributed by atoms with van der Waals surface area (Å²) < 4.78 is 5.21. The fourth-order valence-corrected chi connectivity index (χ4v) is 2.53. The minimum atomic E-state index is 0.216. The molecule has 1 N–H and O–H groups in total. The Labute approximate surface area is 124 Å². The Hall–Kier alpha value is -0.860. The van der Waals surface area contributed by atoms with Crippen molar-refractivity contribution in [3.05, 3.63) is 35.4 Å². The van der Waals surface area contributed by atoms with Crippen LogP contribution < -0.4 is 5.32 Å². The molecule has 0 saturated heterocycles. The van der Waals surface area contributed by atoms with Gasteiger partial charge in [-0.05, 0) is 35.4 Å². The normalized spacial score (nSPS) is 15.1. The van der Waals surface area contributed by atoms with Gasteiger partial charge < -0.3 is 10.1 Å². The molecule has 2 atom stereocenters. The first-order valence-electron chi connectivity index (χ1n) is 7.73. The van der Waals surface area contributed by atoms with E-state index in [2.05, 4.69) is 64.2 Å². The van der Waals surface area contributed by atoms with Crippen LogP contribution in [0.5, 0.6) is 0 Å². The second-order valence-electron chi connectivity index (χ2n) is 6.67. The highest BCUT2D eigenvalue weighted by Gasteiger charge is 2.19. The lowest BCUT2D eigenvalue weighted by Crippen LogP contribution is -2.27. The maximum atomic E-state index is 5.21. The van der Waals surface area contributed by atoms with Gasteiger partial charge in [-0.15, -0.1) is 0 Å². The van der Waals surface area contributed by atoms with Gasteiger partial charge in [0.2, 0.25) is 0 Å². The van der Waals surface area contributed by atoms with E-state index in [1.165, 1.54) is 11.1 Å². The van der Waals surface area contributed by atoms with E-state index >= 15 is 0 Å². The third-order valence-corrected chi connectivity index (χ3v) is 3.91. The molecule has 1 rings (SSSR count). The van der Waals surface area contributed by atoms with E-state index in [0.717, 1.165) is 19.6 Å². The number of ether oxygens (including phenoxy) is 1. The molecule has 0 heterocycles. The van der Waals surface area contributed by atoms with E-state index in [-0.39, 0.29) is 5.41 Å². The average molecular weight is 277 g/mol. The summed E-state index contributed by atoms with van der Waals surface area (Å²) in [4.78, 5) is 0. The van der Waals surface area contributed by atoms with Gasteiger partial charge in [-0.25, -0.2) is 0 Å². The molecule has 0 spiro atoms. The zero-order chi connectivity index (χ0) is 15.2. The molecule has 0 radical (unpaired) electrons. The molecule has 0 aliphatic carbocycles. The van der Waals surface area contributed by atoms with Crippen LogP contribution in [0.3, 0.4) is 0 Å². The van der Waals surface area contributed by atoms with Gasteiger partial charge in [-0.1, -0.05) is 58.9 Å². The lowest BCUT2D eigenvalue weighted by atomic mass is 9.85. The molecule has 0 aliphatic heterocycles. The zero-order valence-corrected chi connectivity index (χ0v) is 14.0. The Morgan fingerprint density at radius 3 is 2.20 bits per heavy atom. The molecule has 1 aromatic rings. The van der Waals surface area contributed by atoms with Crippen molar-refractivity contribution in [2.75, 3.05) is 20.3 Å². The third kappa shape index (κ3) is 4.92. The zero-order valence-electron chi connectivity index (χ0n) is 14.0. The first-order valence-corrected chi connectivity index (χ1v) is 7.73. The summed E-state index contributed by atoms with van der Waals surface area (Å²) in [6, 6.07) is 9.49. The van der Waals surface area contributed by atoms with Crippen LogP contribution in [0.1, 0.15) is 58.2 Å². The van der Waals surface area contributed by atoms with Crippen LogP contribution >= 0.6 is 0 Å². The van der Waals surface area contributed by atoms with Gasteiger partial charge in [0.25, 0.3) is 0 Å². The molecule has 0 aliphatic rings. The highest BCUT2D eigenvalue weighted by molar-refractivity contribution is 5.29. The van der Waals surface area contributed by atoms with Crippen molar-refractivity contribution >= 4 is 0 Å². The lowest BCUT2D eigenvalue weighted by molar-refractivity contribution is 0.170. The predicted molar refractivity (Wildman–Crippen MR) is 87.2 cm³/mol. The molecule has 0 aromatic heterocycles. The van der Waals surface area contributed by atoms with E-state index in [4.69, 9.17) is 4.74 Å². The molecule has 2 heteroatoms. The Morgan fingerprint density at radius 1 is 1.15 bits per heavy atom. The van der Waals surface area contributed by atoms with Crippen molar-refractivity contribution in [2.24, 2.45) is 5.92 Å². The summed E-state index contributed by atoms with van der Waals surface area (Å²) in [5.41, 5.74) is 2.98.